The molecule has 0 amide bonds. The molecule has 0 atom stereocenters. The number of ketones is 1. The summed E-state index contributed by atoms with van der Waals surface area (Å²) in [5.74, 6) is 1.23. The molecule has 2 aliphatic rings. The molecule has 0 N–H and O–H groups in total. The van der Waals surface area contributed by atoms with E-state index in [1.54, 1.807) is 0 Å². The topological polar surface area (TPSA) is 26.3 Å². The van der Waals surface area contributed by atoms with E-state index < -0.39 is 0 Å². The first-order chi connectivity index (χ1) is 8.84. The molecule has 2 fully saturated rings. The molecule has 0 spiro atoms. The zero-order chi connectivity index (χ0) is 12.4. The van der Waals surface area contributed by atoms with Crippen molar-refractivity contribution in [1.82, 2.24) is 0 Å². The van der Waals surface area contributed by atoms with E-state index in [4.69, 9.17) is 4.74 Å². The third-order valence-electron chi connectivity index (χ3n) is 4.36. The lowest BCUT2D eigenvalue weighted by Crippen LogP contribution is -2.23. The van der Waals surface area contributed by atoms with Gasteiger partial charge >= 0.3 is 0 Å². The van der Waals surface area contributed by atoms with Gasteiger partial charge in [0.25, 0.3) is 0 Å². The first-order valence-corrected chi connectivity index (χ1v) is 7.06. The Morgan fingerprint density at radius 3 is 2.22 bits per heavy atom. The van der Waals surface area contributed by atoms with E-state index in [0.717, 1.165) is 37.5 Å². The standard InChI is InChI=1S/C16H20O2/c17-16(15-8-10-18-11-9-15)14-6-4-13(5-7-14)12-2-1-3-12/h4-7,12,15H,1-3,8-11H2. The summed E-state index contributed by atoms with van der Waals surface area (Å²) in [5.41, 5.74) is 2.29. The van der Waals surface area contributed by atoms with Gasteiger partial charge in [0.1, 0.15) is 0 Å². The minimum atomic E-state index is 0.174. The predicted molar refractivity (Wildman–Crippen MR) is 70.9 cm³/mol. The lowest BCUT2D eigenvalue weighted by atomic mass is 9.79. The Morgan fingerprint density at radius 2 is 1.67 bits per heavy atom. The van der Waals surface area contributed by atoms with Gasteiger partial charge in [0, 0.05) is 24.7 Å². The molecule has 1 heterocycles. The lowest BCUT2D eigenvalue weighted by Gasteiger charge is -2.26. The van der Waals surface area contributed by atoms with Gasteiger partial charge in [-0.2, -0.15) is 0 Å². The Bertz CT molecular complexity index is 411. The molecule has 1 aliphatic heterocycles. The maximum atomic E-state index is 12.3. The van der Waals surface area contributed by atoms with Crippen LogP contribution < -0.4 is 0 Å². The monoisotopic (exact) mass is 244 g/mol. The van der Waals surface area contributed by atoms with Crippen molar-refractivity contribution in [3.8, 4) is 0 Å². The molecule has 1 saturated heterocycles. The Kier molecular flexibility index (Phi) is 3.46. The van der Waals surface area contributed by atoms with Gasteiger partial charge in [-0.05, 0) is 37.2 Å². The SMILES string of the molecule is O=C(c1ccc(C2CCC2)cc1)C1CCOCC1. The minimum absolute atomic E-state index is 0.174. The van der Waals surface area contributed by atoms with E-state index in [9.17, 15) is 4.79 Å². The quantitative estimate of drug-likeness (QED) is 0.760. The molecule has 1 aromatic carbocycles. The zero-order valence-electron chi connectivity index (χ0n) is 10.7. The van der Waals surface area contributed by atoms with Crippen LogP contribution in [-0.2, 0) is 4.74 Å². The smallest absolute Gasteiger partial charge is 0.166 e. The Balaban J connectivity index is 1.69. The van der Waals surface area contributed by atoms with E-state index in [1.165, 1.54) is 24.8 Å². The van der Waals surface area contributed by atoms with E-state index in [0.29, 0.717) is 5.78 Å². The fourth-order valence-corrected chi connectivity index (χ4v) is 2.86. The molecule has 0 bridgehead atoms. The van der Waals surface area contributed by atoms with Crippen LogP contribution in [0.2, 0.25) is 0 Å². The molecule has 1 saturated carbocycles. The molecule has 96 valence electrons. The Labute approximate surface area is 108 Å². The summed E-state index contributed by atoms with van der Waals surface area (Å²) in [6.45, 7) is 1.47. The minimum Gasteiger partial charge on any atom is -0.381 e. The van der Waals surface area contributed by atoms with Crippen LogP contribution in [0.15, 0.2) is 24.3 Å². The van der Waals surface area contributed by atoms with Gasteiger partial charge in [0.15, 0.2) is 5.78 Å². The highest BCUT2D eigenvalue weighted by Crippen LogP contribution is 2.36. The average molecular weight is 244 g/mol. The third-order valence-corrected chi connectivity index (χ3v) is 4.36. The number of rotatable bonds is 3. The molecule has 2 heteroatoms. The number of Topliss-reactive ketones (excluding diaryl/α,β-unsaturated/α-hetero) is 1. The molecular weight excluding hydrogens is 224 g/mol. The maximum Gasteiger partial charge on any atom is 0.166 e. The van der Waals surface area contributed by atoms with Crippen molar-refractivity contribution in [3.05, 3.63) is 35.4 Å². The second kappa shape index (κ2) is 5.23. The van der Waals surface area contributed by atoms with Gasteiger partial charge in [-0.25, -0.2) is 0 Å². The van der Waals surface area contributed by atoms with E-state index in [2.05, 4.69) is 12.1 Å². The van der Waals surface area contributed by atoms with Crippen molar-refractivity contribution in [2.45, 2.75) is 38.0 Å². The maximum absolute atomic E-state index is 12.3. The van der Waals surface area contributed by atoms with Crippen LogP contribution in [0.4, 0.5) is 0 Å². The first kappa shape index (κ1) is 11.9. The van der Waals surface area contributed by atoms with Crippen molar-refractivity contribution < 1.29 is 9.53 Å². The second-order valence-electron chi connectivity index (χ2n) is 5.50. The van der Waals surface area contributed by atoms with Crippen molar-refractivity contribution in [1.29, 1.82) is 0 Å². The lowest BCUT2D eigenvalue weighted by molar-refractivity contribution is 0.0545. The van der Waals surface area contributed by atoms with Crippen LogP contribution in [-0.4, -0.2) is 19.0 Å². The average Bonchev–Trinajstić information content (AvgIpc) is 2.38. The Morgan fingerprint density at radius 1 is 1.00 bits per heavy atom. The number of hydrogen-bond acceptors (Lipinski definition) is 2. The molecule has 0 aromatic heterocycles. The summed E-state index contributed by atoms with van der Waals surface area (Å²) in [6.07, 6.45) is 5.74. The Hall–Kier alpha value is -1.15. The van der Waals surface area contributed by atoms with Crippen molar-refractivity contribution in [2.75, 3.05) is 13.2 Å². The fourth-order valence-electron chi connectivity index (χ4n) is 2.86. The van der Waals surface area contributed by atoms with Crippen molar-refractivity contribution >= 4 is 5.78 Å². The summed E-state index contributed by atoms with van der Waals surface area (Å²) >= 11 is 0. The largest absolute Gasteiger partial charge is 0.381 e. The highest BCUT2D eigenvalue weighted by molar-refractivity contribution is 5.97. The van der Waals surface area contributed by atoms with Crippen LogP contribution in [0.1, 0.15) is 53.9 Å². The summed E-state index contributed by atoms with van der Waals surface area (Å²) in [5, 5.41) is 0. The van der Waals surface area contributed by atoms with E-state index in [1.807, 2.05) is 12.1 Å². The highest BCUT2D eigenvalue weighted by atomic mass is 16.5. The van der Waals surface area contributed by atoms with Gasteiger partial charge in [-0.15, -0.1) is 0 Å². The van der Waals surface area contributed by atoms with Gasteiger partial charge in [-0.3, -0.25) is 4.79 Å². The number of carbonyl (C=O) groups is 1. The zero-order valence-corrected chi connectivity index (χ0v) is 10.7. The summed E-state index contributed by atoms with van der Waals surface area (Å²) in [7, 11) is 0. The summed E-state index contributed by atoms with van der Waals surface area (Å²) in [4.78, 5) is 12.3. The summed E-state index contributed by atoms with van der Waals surface area (Å²) in [6, 6.07) is 8.34. The van der Waals surface area contributed by atoms with Crippen LogP contribution in [0, 0.1) is 5.92 Å². The molecule has 3 rings (SSSR count). The molecule has 0 unspecified atom stereocenters. The number of hydrogen-bond donors (Lipinski definition) is 0. The van der Waals surface area contributed by atoms with Crippen LogP contribution >= 0.6 is 0 Å². The van der Waals surface area contributed by atoms with Gasteiger partial charge in [0.2, 0.25) is 0 Å². The van der Waals surface area contributed by atoms with Crippen molar-refractivity contribution in [3.63, 3.8) is 0 Å². The number of benzene rings is 1. The number of carbonyl (C=O) groups excluding carboxylic acids is 1. The van der Waals surface area contributed by atoms with Crippen LogP contribution in [0.25, 0.3) is 0 Å². The van der Waals surface area contributed by atoms with Gasteiger partial charge in [0.05, 0.1) is 0 Å². The van der Waals surface area contributed by atoms with Crippen LogP contribution in [0.3, 0.4) is 0 Å². The van der Waals surface area contributed by atoms with Crippen molar-refractivity contribution in [2.24, 2.45) is 5.92 Å². The fraction of sp³-hybridized carbons (Fsp3) is 0.562. The molecule has 1 aromatic rings. The molecular formula is C16H20O2. The molecule has 2 nitrogen and oxygen atoms in total. The third kappa shape index (κ3) is 2.35. The van der Waals surface area contributed by atoms with E-state index >= 15 is 0 Å². The van der Waals surface area contributed by atoms with Gasteiger partial charge in [-0.1, -0.05) is 30.7 Å². The first-order valence-electron chi connectivity index (χ1n) is 7.06. The highest BCUT2D eigenvalue weighted by Gasteiger charge is 2.23. The van der Waals surface area contributed by atoms with Crippen LogP contribution in [0.5, 0.6) is 0 Å². The number of ether oxygens (including phenoxy) is 1. The van der Waals surface area contributed by atoms with E-state index in [-0.39, 0.29) is 5.92 Å². The predicted octanol–water partition coefficient (Wildman–Crippen LogP) is 3.56. The molecule has 18 heavy (non-hydrogen) atoms. The van der Waals surface area contributed by atoms with Gasteiger partial charge < -0.3 is 4.74 Å². The summed E-state index contributed by atoms with van der Waals surface area (Å²) < 4.78 is 5.31. The normalized spacial score (nSPS) is 21.6. The molecule has 1 aliphatic carbocycles. The molecule has 0 radical (unpaired) electrons. The second-order valence-corrected chi connectivity index (χ2v) is 5.50.